The zero-order valence-electron chi connectivity index (χ0n) is 13.9. The minimum Gasteiger partial charge on any atom is -0.465 e. The number of hydrogen-bond donors (Lipinski definition) is 2. The molecule has 132 valence electrons. The van der Waals surface area contributed by atoms with E-state index < -0.39 is 39.4 Å². The van der Waals surface area contributed by atoms with Crippen molar-refractivity contribution in [3.63, 3.8) is 0 Å². The summed E-state index contributed by atoms with van der Waals surface area (Å²) in [4.78, 5) is 24.7. The molecular formula is C16H22N2O5S. The van der Waals surface area contributed by atoms with E-state index in [1.807, 2.05) is 20.8 Å². The van der Waals surface area contributed by atoms with Crippen molar-refractivity contribution in [2.45, 2.75) is 32.6 Å². The van der Waals surface area contributed by atoms with Crippen LogP contribution in [0.3, 0.4) is 0 Å². The van der Waals surface area contributed by atoms with Gasteiger partial charge in [0.15, 0.2) is 0 Å². The largest absolute Gasteiger partial charge is 0.465 e. The number of rotatable bonds is 4. The van der Waals surface area contributed by atoms with Gasteiger partial charge in [-0.05, 0) is 11.0 Å². The standard InChI is InChI=1S/C16H22N2O5S/c1-16(2,3)13-12(9-18(13)15(20)21)14(19)17-24(22,23)10-11-7-5-4-6-8-11/h4-8,12-13H,9-10H2,1-3H3,(H,17,19)(H,20,21). The van der Waals surface area contributed by atoms with Gasteiger partial charge >= 0.3 is 6.09 Å². The number of likely N-dealkylation sites (tertiary alicyclic amines) is 1. The summed E-state index contributed by atoms with van der Waals surface area (Å²) < 4.78 is 26.4. The molecule has 0 aliphatic carbocycles. The minimum absolute atomic E-state index is 0.00393. The second-order valence-corrected chi connectivity index (χ2v) is 8.79. The SMILES string of the molecule is CC(C)(C)C1C(C(=O)NS(=O)(=O)Cc2ccccc2)CN1C(=O)O. The van der Waals surface area contributed by atoms with Crippen LogP contribution in [-0.2, 0) is 20.6 Å². The van der Waals surface area contributed by atoms with Gasteiger partial charge in [-0.1, -0.05) is 51.1 Å². The van der Waals surface area contributed by atoms with Crippen molar-refractivity contribution in [1.29, 1.82) is 0 Å². The number of hydrogen-bond acceptors (Lipinski definition) is 4. The van der Waals surface area contributed by atoms with Gasteiger partial charge < -0.3 is 10.0 Å². The second-order valence-electron chi connectivity index (χ2n) is 7.06. The highest BCUT2D eigenvalue weighted by Crippen LogP contribution is 2.38. The Morgan fingerprint density at radius 1 is 1.25 bits per heavy atom. The molecule has 0 saturated carbocycles. The van der Waals surface area contributed by atoms with Gasteiger partial charge in [0, 0.05) is 6.54 Å². The molecule has 1 aliphatic rings. The van der Waals surface area contributed by atoms with Gasteiger partial charge in [0.05, 0.1) is 17.7 Å². The van der Waals surface area contributed by atoms with Crippen LogP contribution in [0.25, 0.3) is 0 Å². The average molecular weight is 354 g/mol. The van der Waals surface area contributed by atoms with E-state index in [9.17, 15) is 18.0 Å². The van der Waals surface area contributed by atoms with Crippen molar-refractivity contribution in [2.24, 2.45) is 11.3 Å². The summed E-state index contributed by atoms with van der Waals surface area (Å²) in [7, 11) is -3.83. The fourth-order valence-corrected chi connectivity index (χ4v) is 4.22. The van der Waals surface area contributed by atoms with Crippen LogP contribution in [0.4, 0.5) is 4.79 Å². The first-order valence-corrected chi connectivity index (χ1v) is 9.24. The third-order valence-electron chi connectivity index (χ3n) is 4.04. The lowest BCUT2D eigenvalue weighted by Gasteiger charge is -2.51. The molecule has 1 aromatic carbocycles. The molecule has 0 aromatic heterocycles. The molecule has 7 nitrogen and oxygen atoms in total. The van der Waals surface area contributed by atoms with Gasteiger partial charge in [-0.15, -0.1) is 0 Å². The molecule has 1 saturated heterocycles. The number of nitrogens with zero attached hydrogens (tertiary/aromatic N) is 1. The van der Waals surface area contributed by atoms with Crippen LogP contribution >= 0.6 is 0 Å². The van der Waals surface area contributed by atoms with E-state index in [4.69, 9.17) is 5.11 Å². The fourth-order valence-electron chi connectivity index (χ4n) is 3.06. The Morgan fingerprint density at radius 3 is 2.33 bits per heavy atom. The molecule has 1 aliphatic heterocycles. The monoisotopic (exact) mass is 354 g/mol. The smallest absolute Gasteiger partial charge is 0.407 e. The number of sulfonamides is 1. The number of nitrogens with one attached hydrogen (secondary N) is 1. The van der Waals surface area contributed by atoms with E-state index in [1.54, 1.807) is 30.3 Å². The summed E-state index contributed by atoms with van der Waals surface area (Å²) in [6.07, 6.45) is -1.11. The van der Waals surface area contributed by atoms with Gasteiger partial charge in [-0.3, -0.25) is 9.52 Å². The molecule has 2 N–H and O–H groups in total. The zero-order chi connectivity index (χ0) is 18.1. The van der Waals surface area contributed by atoms with Crippen LogP contribution in [0.5, 0.6) is 0 Å². The quantitative estimate of drug-likeness (QED) is 0.856. The van der Waals surface area contributed by atoms with E-state index >= 15 is 0 Å². The summed E-state index contributed by atoms with van der Waals surface area (Å²) >= 11 is 0. The minimum atomic E-state index is -3.83. The number of benzene rings is 1. The third kappa shape index (κ3) is 4.05. The highest BCUT2D eigenvalue weighted by atomic mass is 32.2. The lowest BCUT2D eigenvalue weighted by atomic mass is 9.72. The Bertz CT molecular complexity index is 725. The first kappa shape index (κ1) is 18.3. The van der Waals surface area contributed by atoms with Gasteiger partial charge in [-0.2, -0.15) is 0 Å². The summed E-state index contributed by atoms with van der Waals surface area (Å²) in [6, 6.07) is 7.99. The Kier molecular flexibility index (Phi) is 4.89. The van der Waals surface area contributed by atoms with Gasteiger partial charge in [0.1, 0.15) is 0 Å². The van der Waals surface area contributed by atoms with E-state index in [1.165, 1.54) is 4.90 Å². The molecule has 0 radical (unpaired) electrons. The maximum Gasteiger partial charge on any atom is 0.407 e. The van der Waals surface area contributed by atoms with Crippen LogP contribution in [-0.4, -0.2) is 43.0 Å². The van der Waals surface area contributed by atoms with Gasteiger partial charge in [0.2, 0.25) is 15.9 Å². The molecule has 24 heavy (non-hydrogen) atoms. The van der Waals surface area contributed by atoms with Gasteiger partial charge in [0.25, 0.3) is 0 Å². The molecular weight excluding hydrogens is 332 g/mol. The van der Waals surface area contributed by atoms with E-state index in [0.717, 1.165) is 0 Å². The van der Waals surface area contributed by atoms with Crippen LogP contribution in [0.1, 0.15) is 26.3 Å². The van der Waals surface area contributed by atoms with Crippen molar-refractivity contribution in [2.75, 3.05) is 6.54 Å². The molecule has 2 unspecified atom stereocenters. The molecule has 1 aromatic rings. The average Bonchev–Trinajstić information content (AvgIpc) is 2.34. The van der Waals surface area contributed by atoms with Crippen molar-refractivity contribution < 1.29 is 23.1 Å². The first-order valence-electron chi connectivity index (χ1n) is 7.59. The van der Waals surface area contributed by atoms with Crippen molar-refractivity contribution in [1.82, 2.24) is 9.62 Å². The molecule has 1 heterocycles. The predicted molar refractivity (Wildman–Crippen MR) is 88.7 cm³/mol. The first-order chi connectivity index (χ1) is 11.0. The fraction of sp³-hybridized carbons (Fsp3) is 0.500. The number of carbonyl (C=O) groups is 2. The number of carboxylic acid groups (broad SMARTS) is 1. The molecule has 0 bridgehead atoms. The summed E-state index contributed by atoms with van der Waals surface area (Å²) in [5, 5.41) is 9.17. The summed E-state index contributed by atoms with van der Waals surface area (Å²) in [5.74, 6) is -1.62. The second kappa shape index (κ2) is 6.43. The molecule has 1 fully saturated rings. The molecule has 2 amide bonds. The maximum absolute atomic E-state index is 12.3. The highest BCUT2D eigenvalue weighted by Gasteiger charge is 2.52. The van der Waals surface area contributed by atoms with Crippen LogP contribution in [0, 0.1) is 11.3 Å². The number of amides is 2. The molecule has 8 heteroatoms. The predicted octanol–water partition coefficient (Wildman–Crippen LogP) is 1.66. The van der Waals surface area contributed by atoms with Crippen molar-refractivity contribution in [3.8, 4) is 0 Å². The zero-order valence-corrected chi connectivity index (χ0v) is 14.7. The lowest BCUT2D eigenvalue weighted by molar-refractivity contribution is -0.136. The van der Waals surface area contributed by atoms with Crippen molar-refractivity contribution in [3.05, 3.63) is 35.9 Å². The van der Waals surface area contributed by atoms with E-state index in [0.29, 0.717) is 5.56 Å². The Balaban J connectivity index is 2.08. The third-order valence-corrected chi connectivity index (χ3v) is 5.26. The summed E-state index contributed by atoms with van der Waals surface area (Å²) in [6.45, 7) is 5.48. The number of carbonyl (C=O) groups excluding carboxylic acids is 1. The highest BCUT2D eigenvalue weighted by molar-refractivity contribution is 7.89. The van der Waals surface area contributed by atoms with Gasteiger partial charge in [-0.25, -0.2) is 13.2 Å². The lowest BCUT2D eigenvalue weighted by Crippen LogP contribution is -2.67. The summed E-state index contributed by atoms with van der Waals surface area (Å²) in [5.41, 5.74) is 0.105. The topological polar surface area (TPSA) is 104 Å². The molecule has 2 atom stereocenters. The van der Waals surface area contributed by atoms with E-state index in [2.05, 4.69) is 4.72 Å². The molecule has 0 spiro atoms. The Morgan fingerprint density at radius 2 is 1.83 bits per heavy atom. The maximum atomic E-state index is 12.3. The molecule has 2 rings (SSSR count). The van der Waals surface area contributed by atoms with Crippen molar-refractivity contribution >= 4 is 22.0 Å². The normalized spacial score (nSPS) is 21.0. The van der Waals surface area contributed by atoms with Crippen LogP contribution < -0.4 is 4.72 Å². The van der Waals surface area contributed by atoms with Crippen LogP contribution in [0.2, 0.25) is 0 Å². The van der Waals surface area contributed by atoms with E-state index in [-0.39, 0.29) is 12.3 Å². The Hall–Kier alpha value is -2.09. The Labute approximate surface area is 141 Å². The van der Waals surface area contributed by atoms with Crippen LogP contribution in [0.15, 0.2) is 30.3 Å².